The third-order valence-corrected chi connectivity index (χ3v) is 1.47. The number of carbonyl (C=O) groups excluding carboxylic acids is 1. The summed E-state index contributed by atoms with van der Waals surface area (Å²) in [6.07, 6.45) is -0.177. The first-order chi connectivity index (χ1) is 6.26. The van der Waals surface area contributed by atoms with Crippen LogP contribution in [-0.4, -0.2) is 29.2 Å². The Morgan fingerprint density at radius 3 is 2.21 bits per heavy atom. The summed E-state index contributed by atoms with van der Waals surface area (Å²) in [5.74, 6) is -2.46. The number of hydrogen-bond donors (Lipinski definition) is 2. The molecule has 82 valence electrons. The van der Waals surface area contributed by atoms with Crippen molar-refractivity contribution in [2.75, 3.05) is 6.54 Å². The van der Waals surface area contributed by atoms with E-state index in [1.54, 1.807) is 20.8 Å². The number of hydrogen-bond acceptors (Lipinski definition) is 4. The quantitative estimate of drug-likeness (QED) is 0.644. The minimum atomic E-state index is -1.07. The Balaban J connectivity index is 4.11. The number of ether oxygens (including phenoxy) is 1. The van der Waals surface area contributed by atoms with E-state index in [9.17, 15) is 9.59 Å². The largest absolute Gasteiger partial charge is 0.481 e. The van der Waals surface area contributed by atoms with Crippen molar-refractivity contribution in [3.63, 3.8) is 0 Å². The molecule has 0 aromatic carbocycles. The van der Waals surface area contributed by atoms with E-state index in [1.807, 2.05) is 0 Å². The van der Waals surface area contributed by atoms with Crippen LogP contribution in [0, 0.1) is 5.92 Å². The van der Waals surface area contributed by atoms with E-state index in [0.29, 0.717) is 0 Å². The van der Waals surface area contributed by atoms with E-state index in [4.69, 9.17) is 15.6 Å². The zero-order valence-electron chi connectivity index (χ0n) is 8.74. The van der Waals surface area contributed by atoms with Crippen LogP contribution in [-0.2, 0) is 14.3 Å². The summed E-state index contributed by atoms with van der Waals surface area (Å²) in [6, 6.07) is 0. The summed E-state index contributed by atoms with van der Waals surface area (Å²) < 4.78 is 4.96. The second-order valence-corrected chi connectivity index (χ2v) is 4.06. The van der Waals surface area contributed by atoms with Crippen LogP contribution in [0.15, 0.2) is 0 Å². The summed E-state index contributed by atoms with van der Waals surface area (Å²) in [5, 5.41) is 8.63. The third-order valence-electron chi connectivity index (χ3n) is 1.47. The lowest BCUT2D eigenvalue weighted by Gasteiger charge is -2.20. The van der Waals surface area contributed by atoms with Gasteiger partial charge in [-0.2, -0.15) is 0 Å². The van der Waals surface area contributed by atoms with E-state index < -0.39 is 23.5 Å². The zero-order chi connectivity index (χ0) is 11.4. The topological polar surface area (TPSA) is 89.6 Å². The summed E-state index contributed by atoms with van der Waals surface area (Å²) in [6.45, 7) is 5.12. The predicted molar refractivity (Wildman–Crippen MR) is 50.6 cm³/mol. The molecule has 0 heterocycles. The van der Waals surface area contributed by atoms with Crippen LogP contribution < -0.4 is 5.73 Å². The first kappa shape index (κ1) is 12.9. The number of esters is 1. The molecular weight excluding hydrogens is 186 g/mol. The summed E-state index contributed by atoms with van der Waals surface area (Å²) in [5.41, 5.74) is 4.61. The van der Waals surface area contributed by atoms with Crippen LogP contribution in [0.1, 0.15) is 27.2 Å². The minimum absolute atomic E-state index is 0.0609. The van der Waals surface area contributed by atoms with Crippen LogP contribution in [0.5, 0.6) is 0 Å². The van der Waals surface area contributed by atoms with Gasteiger partial charge in [-0.25, -0.2) is 0 Å². The first-order valence-electron chi connectivity index (χ1n) is 4.41. The lowest BCUT2D eigenvalue weighted by atomic mass is 10.1. The molecule has 0 aliphatic carbocycles. The Bertz CT molecular complexity index is 219. The van der Waals surface area contributed by atoms with Gasteiger partial charge in [0.25, 0.3) is 0 Å². The molecule has 0 aliphatic heterocycles. The molecule has 5 heteroatoms. The molecule has 3 N–H and O–H groups in total. The van der Waals surface area contributed by atoms with Gasteiger partial charge in [-0.3, -0.25) is 9.59 Å². The van der Waals surface area contributed by atoms with Gasteiger partial charge in [-0.05, 0) is 20.8 Å². The minimum Gasteiger partial charge on any atom is -0.481 e. The van der Waals surface area contributed by atoms with Crippen LogP contribution in [0.25, 0.3) is 0 Å². The monoisotopic (exact) mass is 203 g/mol. The number of rotatable bonds is 4. The van der Waals surface area contributed by atoms with E-state index >= 15 is 0 Å². The molecule has 0 bridgehead atoms. The van der Waals surface area contributed by atoms with Crippen molar-refractivity contribution in [3.8, 4) is 0 Å². The number of carboxylic acids is 1. The van der Waals surface area contributed by atoms with Crippen molar-refractivity contribution in [3.05, 3.63) is 0 Å². The zero-order valence-corrected chi connectivity index (χ0v) is 8.74. The number of nitrogens with two attached hydrogens (primary N) is 1. The predicted octanol–water partition coefficient (Wildman–Crippen LogP) is 0.378. The summed E-state index contributed by atoms with van der Waals surface area (Å²) in [4.78, 5) is 21.7. The molecule has 14 heavy (non-hydrogen) atoms. The Hall–Kier alpha value is -1.10. The molecule has 0 fully saturated rings. The molecule has 0 saturated carbocycles. The van der Waals surface area contributed by atoms with Gasteiger partial charge < -0.3 is 15.6 Å². The molecule has 0 aromatic heterocycles. The average Bonchev–Trinajstić information content (AvgIpc) is 1.96. The van der Waals surface area contributed by atoms with Crippen LogP contribution in [0.3, 0.4) is 0 Å². The fraction of sp³-hybridized carbons (Fsp3) is 0.778. The highest BCUT2D eigenvalue weighted by molar-refractivity contribution is 5.79. The summed E-state index contributed by atoms with van der Waals surface area (Å²) >= 11 is 0. The average molecular weight is 203 g/mol. The Morgan fingerprint density at radius 2 is 1.93 bits per heavy atom. The standard InChI is InChI=1S/C9H17NO4/c1-9(2,3)14-7(11)4-6(5-10)8(12)13/h6H,4-5,10H2,1-3H3,(H,12,13). The van der Waals surface area contributed by atoms with Crippen molar-refractivity contribution in [1.82, 2.24) is 0 Å². The molecule has 1 atom stereocenters. The highest BCUT2D eigenvalue weighted by Crippen LogP contribution is 2.11. The van der Waals surface area contributed by atoms with Crippen LogP contribution in [0.4, 0.5) is 0 Å². The number of aliphatic carboxylic acids is 1. The fourth-order valence-electron chi connectivity index (χ4n) is 0.856. The van der Waals surface area contributed by atoms with E-state index in [0.717, 1.165) is 0 Å². The molecule has 0 rings (SSSR count). The van der Waals surface area contributed by atoms with Gasteiger partial charge in [0.15, 0.2) is 0 Å². The fourth-order valence-corrected chi connectivity index (χ4v) is 0.856. The molecule has 0 radical (unpaired) electrons. The third kappa shape index (κ3) is 5.53. The smallest absolute Gasteiger partial charge is 0.308 e. The van der Waals surface area contributed by atoms with Gasteiger partial charge in [0, 0.05) is 6.54 Å². The van der Waals surface area contributed by atoms with Crippen LogP contribution in [0.2, 0.25) is 0 Å². The molecule has 1 unspecified atom stereocenters. The molecule has 0 aromatic rings. The van der Waals surface area contributed by atoms with Crippen molar-refractivity contribution < 1.29 is 19.4 Å². The van der Waals surface area contributed by atoms with Gasteiger partial charge in [-0.15, -0.1) is 0 Å². The highest BCUT2D eigenvalue weighted by Gasteiger charge is 2.23. The van der Waals surface area contributed by atoms with Gasteiger partial charge in [0.2, 0.25) is 0 Å². The maximum atomic E-state index is 11.2. The maximum absolute atomic E-state index is 11.2. The molecule has 0 amide bonds. The van der Waals surface area contributed by atoms with Crippen molar-refractivity contribution >= 4 is 11.9 Å². The Labute approximate surface area is 83.2 Å². The Kier molecular flexibility index (Phi) is 4.56. The summed E-state index contributed by atoms with van der Waals surface area (Å²) in [7, 11) is 0. The van der Waals surface area contributed by atoms with Crippen molar-refractivity contribution in [1.29, 1.82) is 0 Å². The van der Waals surface area contributed by atoms with E-state index in [1.165, 1.54) is 0 Å². The van der Waals surface area contributed by atoms with Crippen LogP contribution >= 0.6 is 0 Å². The molecule has 0 spiro atoms. The van der Waals surface area contributed by atoms with E-state index in [2.05, 4.69) is 0 Å². The highest BCUT2D eigenvalue weighted by atomic mass is 16.6. The lowest BCUT2D eigenvalue weighted by Crippen LogP contribution is -2.30. The SMILES string of the molecule is CC(C)(C)OC(=O)CC(CN)C(=O)O. The van der Waals surface area contributed by atoms with E-state index in [-0.39, 0.29) is 13.0 Å². The maximum Gasteiger partial charge on any atom is 0.308 e. The second-order valence-electron chi connectivity index (χ2n) is 4.06. The number of carboxylic acid groups (broad SMARTS) is 1. The van der Waals surface area contributed by atoms with Crippen molar-refractivity contribution in [2.45, 2.75) is 32.8 Å². The lowest BCUT2D eigenvalue weighted by molar-refractivity contribution is -0.159. The Morgan fingerprint density at radius 1 is 1.43 bits per heavy atom. The molecule has 5 nitrogen and oxygen atoms in total. The van der Waals surface area contributed by atoms with Crippen molar-refractivity contribution in [2.24, 2.45) is 11.7 Å². The normalized spacial score (nSPS) is 13.4. The molecule has 0 saturated heterocycles. The van der Waals surface area contributed by atoms with Gasteiger partial charge in [0.05, 0.1) is 12.3 Å². The molecular formula is C9H17NO4. The van der Waals surface area contributed by atoms with Gasteiger partial charge in [0.1, 0.15) is 5.60 Å². The van der Waals surface area contributed by atoms with Gasteiger partial charge in [-0.1, -0.05) is 0 Å². The molecule has 0 aliphatic rings. The first-order valence-corrected chi connectivity index (χ1v) is 4.41. The second kappa shape index (κ2) is 4.95. The number of carbonyl (C=O) groups is 2. The van der Waals surface area contributed by atoms with Gasteiger partial charge >= 0.3 is 11.9 Å².